The molecule has 1 heterocycles. The SMILES string of the molecule is CC(C(=O)C=[N+]=[N-])C1(C)OCCO1. The van der Waals surface area contributed by atoms with Crippen LogP contribution in [0, 0.1) is 5.92 Å². The largest absolute Gasteiger partial charge is 0.361 e. The first-order valence-electron chi connectivity index (χ1n) is 4.09. The van der Waals surface area contributed by atoms with E-state index < -0.39 is 11.7 Å². The molecule has 0 amide bonds. The number of Topliss-reactive ketones (excluding diaryl/α,β-unsaturated/α-hetero) is 1. The zero-order valence-electron chi connectivity index (χ0n) is 7.69. The second-order valence-electron chi connectivity index (χ2n) is 3.08. The number of nitrogens with zero attached hydrogens (tertiary/aromatic N) is 2. The number of rotatable bonds is 3. The third-order valence-electron chi connectivity index (χ3n) is 2.26. The average Bonchev–Trinajstić information content (AvgIpc) is 2.52. The van der Waals surface area contributed by atoms with E-state index in [0.717, 1.165) is 6.21 Å². The number of hydrogen-bond acceptors (Lipinski definition) is 3. The summed E-state index contributed by atoms with van der Waals surface area (Å²) in [6.45, 7) is 4.36. The summed E-state index contributed by atoms with van der Waals surface area (Å²) in [6.07, 6.45) is 0.862. The second-order valence-corrected chi connectivity index (χ2v) is 3.08. The molecule has 1 atom stereocenters. The molecule has 1 saturated heterocycles. The summed E-state index contributed by atoms with van der Waals surface area (Å²) in [6, 6.07) is 0. The van der Waals surface area contributed by atoms with Crippen molar-refractivity contribution in [2.24, 2.45) is 5.92 Å². The minimum atomic E-state index is -0.877. The van der Waals surface area contributed by atoms with Gasteiger partial charge in [0.15, 0.2) is 5.79 Å². The fraction of sp³-hybridized carbons (Fsp3) is 0.750. The van der Waals surface area contributed by atoms with Gasteiger partial charge in [-0.05, 0) is 13.8 Å². The number of carbonyl (C=O) groups excluding carboxylic acids is 1. The molecule has 0 aromatic rings. The Morgan fingerprint density at radius 3 is 2.62 bits per heavy atom. The van der Waals surface area contributed by atoms with Crippen molar-refractivity contribution in [1.29, 1.82) is 0 Å². The van der Waals surface area contributed by atoms with Crippen LogP contribution < -0.4 is 0 Å². The molecule has 0 saturated carbocycles. The van der Waals surface area contributed by atoms with E-state index in [2.05, 4.69) is 4.79 Å². The van der Waals surface area contributed by atoms with E-state index in [-0.39, 0.29) is 5.78 Å². The van der Waals surface area contributed by atoms with E-state index >= 15 is 0 Å². The molecular weight excluding hydrogens is 172 g/mol. The van der Waals surface area contributed by atoms with E-state index in [1.54, 1.807) is 13.8 Å². The lowest BCUT2D eigenvalue weighted by Crippen LogP contribution is -2.39. The Hall–Kier alpha value is -1.03. The first-order valence-corrected chi connectivity index (χ1v) is 4.09. The standard InChI is InChI=1S/C8H12N2O3/c1-6(7(11)5-10-9)8(2)12-3-4-13-8/h5-6H,3-4H2,1-2H3. The van der Waals surface area contributed by atoms with E-state index in [1.807, 2.05) is 0 Å². The van der Waals surface area contributed by atoms with Crippen LogP contribution in [0.25, 0.3) is 5.53 Å². The topological polar surface area (TPSA) is 71.9 Å². The molecule has 1 aliphatic heterocycles. The van der Waals surface area contributed by atoms with Gasteiger partial charge in [0.25, 0.3) is 0 Å². The van der Waals surface area contributed by atoms with Gasteiger partial charge in [0, 0.05) is 0 Å². The molecule has 0 aromatic carbocycles. The Balaban J connectivity index is 2.70. The normalized spacial score (nSPS) is 22.0. The highest BCUT2D eigenvalue weighted by Gasteiger charge is 2.41. The lowest BCUT2D eigenvalue weighted by Gasteiger charge is -2.26. The monoisotopic (exact) mass is 184 g/mol. The summed E-state index contributed by atoms with van der Waals surface area (Å²) in [7, 11) is 0. The Labute approximate surface area is 76.3 Å². The number of hydrogen-bond donors (Lipinski definition) is 0. The summed E-state index contributed by atoms with van der Waals surface area (Å²) >= 11 is 0. The van der Waals surface area contributed by atoms with Crippen molar-refractivity contribution >= 4 is 12.0 Å². The van der Waals surface area contributed by atoms with Gasteiger partial charge < -0.3 is 15.0 Å². The predicted molar refractivity (Wildman–Crippen MR) is 44.2 cm³/mol. The molecule has 0 N–H and O–H groups in total. The molecule has 5 nitrogen and oxygen atoms in total. The first-order chi connectivity index (χ1) is 6.10. The fourth-order valence-electron chi connectivity index (χ4n) is 1.21. The molecular formula is C8H12N2O3. The van der Waals surface area contributed by atoms with E-state index in [1.165, 1.54) is 0 Å². The van der Waals surface area contributed by atoms with Crippen LogP contribution in [0.2, 0.25) is 0 Å². The van der Waals surface area contributed by atoms with Gasteiger partial charge in [-0.3, -0.25) is 4.79 Å². The van der Waals surface area contributed by atoms with Crippen LogP contribution in [0.1, 0.15) is 13.8 Å². The highest BCUT2D eigenvalue weighted by Crippen LogP contribution is 2.27. The third-order valence-corrected chi connectivity index (χ3v) is 2.26. The molecule has 5 heteroatoms. The van der Waals surface area contributed by atoms with Crippen molar-refractivity contribution in [3.05, 3.63) is 5.53 Å². The lowest BCUT2D eigenvalue weighted by molar-refractivity contribution is -0.180. The molecule has 0 aromatic heterocycles. The predicted octanol–water partition coefficient (Wildman–Crippen LogP) is 0.255. The van der Waals surface area contributed by atoms with Crippen LogP contribution in [0.5, 0.6) is 0 Å². The molecule has 1 aliphatic rings. The molecule has 72 valence electrons. The Morgan fingerprint density at radius 1 is 1.62 bits per heavy atom. The number of carbonyl (C=O) groups is 1. The summed E-state index contributed by atoms with van der Waals surface area (Å²) in [5, 5.41) is 0. The van der Waals surface area contributed by atoms with E-state index in [4.69, 9.17) is 15.0 Å². The van der Waals surface area contributed by atoms with Gasteiger partial charge in [0.1, 0.15) is 0 Å². The molecule has 0 radical (unpaired) electrons. The summed E-state index contributed by atoms with van der Waals surface area (Å²) < 4.78 is 10.6. The van der Waals surface area contributed by atoms with Gasteiger partial charge in [-0.25, -0.2) is 0 Å². The van der Waals surface area contributed by atoms with Gasteiger partial charge in [-0.1, -0.05) is 0 Å². The lowest BCUT2D eigenvalue weighted by atomic mass is 9.98. The van der Waals surface area contributed by atoms with Crippen LogP contribution in [0.3, 0.4) is 0 Å². The molecule has 0 bridgehead atoms. The van der Waals surface area contributed by atoms with Crippen molar-refractivity contribution in [2.75, 3.05) is 13.2 Å². The Bertz CT molecular complexity index is 252. The highest BCUT2D eigenvalue weighted by atomic mass is 16.7. The maximum absolute atomic E-state index is 11.3. The minimum absolute atomic E-state index is 0.313. The minimum Gasteiger partial charge on any atom is -0.361 e. The van der Waals surface area contributed by atoms with Crippen LogP contribution in [-0.4, -0.2) is 35.8 Å². The zero-order chi connectivity index (χ0) is 9.90. The molecule has 1 unspecified atom stereocenters. The van der Waals surface area contributed by atoms with E-state index in [0.29, 0.717) is 13.2 Å². The van der Waals surface area contributed by atoms with Crippen LogP contribution in [0.15, 0.2) is 0 Å². The number of ketones is 1. The van der Waals surface area contributed by atoms with Gasteiger partial charge >= 0.3 is 6.21 Å². The highest BCUT2D eigenvalue weighted by molar-refractivity contribution is 6.26. The van der Waals surface area contributed by atoms with Gasteiger partial charge in [0.05, 0.1) is 19.1 Å². The van der Waals surface area contributed by atoms with Crippen molar-refractivity contribution in [3.8, 4) is 0 Å². The van der Waals surface area contributed by atoms with Crippen molar-refractivity contribution < 1.29 is 19.1 Å². The van der Waals surface area contributed by atoms with Crippen molar-refractivity contribution in [1.82, 2.24) is 0 Å². The molecule has 1 rings (SSSR count). The average molecular weight is 184 g/mol. The van der Waals surface area contributed by atoms with E-state index in [9.17, 15) is 4.79 Å². The maximum atomic E-state index is 11.3. The Kier molecular flexibility index (Phi) is 2.93. The zero-order valence-corrected chi connectivity index (χ0v) is 7.69. The number of ether oxygens (including phenoxy) is 2. The van der Waals surface area contributed by atoms with Gasteiger partial charge in [0.2, 0.25) is 5.78 Å². The molecule has 0 spiro atoms. The maximum Gasteiger partial charge on any atom is 0.323 e. The quantitative estimate of drug-likeness (QED) is 0.358. The summed E-state index contributed by atoms with van der Waals surface area (Å²) in [5.74, 6) is -1.66. The van der Waals surface area contributed by atoms with Crippen LogP contribution >= 0.6 is 0 Å². The Morgan fingerprint density at radius 2 is 2.15 bits per heavy atom. The third kappa shape index (κ3) is 2.01. The van der Waals surface area contributed by atoms with Gasteiger partial charge in [-0.15, -0.1) is 0 Å². The van der Waals surface area contributed by atoms with Gasteiger partial charge in [-0.2, -0.15) is 4.79 Å². The molecule has 1 fully saturated rings. The fourth-order valence-corrected chi connectivity index (χ4v) is 1.21. The summed E-state index contributed by atoms with van der Waals surface area (Å²) in [5.41, 5.74) is 8.18. The second kappa shape index (κ2) is 3.79. The van der Waals surface area contributed by atoms with Crippen LogP contribution in [-0.2, 0) is 14.3 Å². The first kappa shape index (κ1) is 10.1. The summed E-state index contributed by atoms with van der Waals surface area (Å²) in [4.78, 5) is 13.9. The van der Waals surface area contributed by atoms with Crippen molar-refractivity contribution in [3.63, 3.8) is 0 Å². The molecule has 13 heavy (non-hydrogen) atoms. The molecule has 0 aliphatic carbocycles. The smallest absolute Gasteiger partial charge is 0.323 e. The van der Waals surface area contributed by atoms with Crippen LogP contribution in [0.4, 0.5) is 0 Å². The van der Waals surface area contributed by atoms with Crippen molar-refractivity contribution in [2.45, 2.75) is 19.6 Å².